The highest BCUT2D eigenvalue weighted by molar-refractivity contribution is 5.28. The second-order valence-electron chi connectivity index (χ2n) is 7.25. The summed E-state index contributed by atoms with van der Waals surface area (Å²) >= 11 is 0. The molecule has 26 heavy (non-hydrogen) atoms. The molecule has 0 bridgehead atoms. The predicted molar refractivity (Wildman–Crippen MR) is 97.5 cm³/mol. The number of ether oxygens (including phenoxy) is 1. The van der Waals surface area contributed by atoms with Crippen molar-refractivity contribution in [2.24, 2.45) is 0 Å². The van der Waals surface area contributed by atoms with Gasteiger partial charge in [-0.05, 0) is 61.0 Å². The van der Waals surface area contributed by atoms with Crippen LogP contribution in [0.4, 0.5) is 0 Å². The lowest BCUT2D eigenvalue weighted by Gasteiger charge is -2.24. The minimum Gasteiger partial charge on any atom is -0.497 e. The molecule has 3 rings (SSSR count). The number of rotatable bonds is 7. The van der Waals surface area contributed by atoms with Crippen molar-refractivity contribution in [3.8, 4) is 5.75 Å². The van der Waals surface area contributed by atoms with Gasteiger partial charge in [0.1, 0.15) is 11.5 Å². The van der Waals surface area contributed by atoms with Crippen LogP contribution in [0.25, 0.3) is 0 Å². The lowest BCUT2D eigenvalue weighted by molar-refractivity contribution is 0.208. The molecule has 3 aromatic rings. The first kappa shape index (κ1) is 18.1. The molecular weight excluding hydrogens is 330 g/mol. The van der Waals surface area contributed by atoms with Crippen molar-refractivity contribution in [1.29, 1.82) is 0 Å². The molecule has 7 heteroatoms. The fourth-order valence-corrected chi connectivity index (χ4v) is 2.85. The van der Waals surface area contributed by atoms with E-state index in [1.54, 1.807) is 13.4 Å². The average Bonchev–Trinajstić information content (AvgIpc) is 3.26. The fraction of sp³-hybridized carbons (Fsp3) is 0.421. The zero-order valence-electron chi connectivity index (χ0n) is 15.7. The Labute approximate surface area is 153 Å². The van der Waals surface area contributed by atoms with E-state index in [2.05, 4.69) is 47.3 Å². The van der Waals surface area contributed by atoms with Crippen LogP contribution >= 0.6 is 0 Å². The van der Waals surface area contributed by atoms with Crippen molar-refractivity contribution in [2.75, 3.05) is 7.11 Å². The second-order valence-corrected chi connectivity index (χ2v) is 7.25. The summed E-state index contributed by atoms with van der Waals surface area (Å²) in [5.41, 5.74) is 0.983. The quantitative estimate of drug-likeness (QED) is 0.648. The Hall–Kier alpha value is -2.67. The fourth-order valence-electron chi connectivity index (χ4n) is 2.85. The van der Waals surface area contributed by atoms with E-state index in [1.165, 1.54) is 0 Å². The van der Waals surface area contributed by atoms with Gasteiger partial charge in [-0.15, -0.1) is 5.10 Å². The molecule has 7 nitrogen and oxygen atoms in total. The van der Waals surface area contributed by atoms with Gasteiger partial charge in [-0.25, -0.2) is 4.68 Å². The number of aromatic nitrogens is 4. The van der Waals surface area contributed by atoms with Crippen LogP contribution in [0.5, 0.6) is 5.75 Å². The molecule has 138 valence electrons. The van der Waals surface area contributed by atoms with E-state index < -0.39 is 0 Å². The predicted octanol–water partition coefficient (Wildman–Crippen LogP) is 3.23. The molecule has 0 radical (unpaired) electrons. The van der Waals surface area contributed by atoms with Crippen LogP contribution in [0, 0.1) is 0 Å². The van der Waals surface area contributed by atoms with Gasteiger partial charge in [0.2, 0.25) is 0 Å². The van der Waals surface area contributed by atoms with Crippen LogP contribution < -0.4 is 4.74 Å². The molecular formula is C19H25N5O2. The average molecular weight is 355 g/mol. The topological polar surface area (TPSA) is 69.2 Å². The van der Waals surface area contributed by atoms with Crippen LogP contribution in [0.15, 0.2) is 47.1 Å². The van der Waals surface area contributed by atoms with E-state index in [0.29, 0.717) is 13.1 Å². The maximum absolute atomic E-state index is 5.54. The second kappa shape index (κ2) is 7.70. The summed E-state index contributed by atoms with van der Waals surface area (Å²) in [6.45, 7) is 8.28. The number of nitrogens with zero attached hydrogens (tertiary/aromatic N) is 5. The molecule has 0 saturated heterocycles. The minimum atomic E-state index is -0.175. The van der Waals surface area contributed by atoms with Gasteiger partial charge in [0, 0.05) is 6.54 Å². The number of benzene rings is 1. The van der Waals surface area contributed by atoms with Crippen molar-refractivity contribution in [1.82, 2.24) is 25.1 Å². The van der Waals surface area contributed by atoms with Gasteiger partial charge in [0.05, 0.1) is 32.0 Å². The normalized spacial score (nSPS) is 11.9. The first-order valence-corrected chi connectivity index (χ1v) is 8.61. The van der Waals surface area contributed by atoms with Crippen molar-refractivity contribution >= 4 is 0 Å². The Kier molecular flexibility index (Phi) is 5.37. The summed E-state index contributed by atoms with van der Waals surface area (Å²) in [6.07, 6.45) is 1.69. The van der Waals surface area contributed by atoms with Crippen LogP contribution in [-0.4, -0.2) is 32.2 Å². The van der Waals surface area contributed by atoms with Gasteiger partial charge < -0.3 is 9.15 Å². The summed E-state index contributed by atoms with van der Waals surface area (Å²) in [7, 11) is 1.68. The molecule has 2 aromatic heterocycles. The summed E-state index contributed by atoms with van der Waals surface area (Å²) in [5, 5.41) is 12.3. The van der Waals surface area contributed by atoms with Gasteiger partial charge in [-0.3, -0.25) is 4.90 Å². The van der Waals surface area contributed by atoms with E-state index >= 15 is 0 Å². The molecule has 0 amide bonds. The smallest absolute Gasteiger partial charge is 0.165 e. The van der Waals surface area contributed by atoms with E-state index in [9.17, 15) is 0 Å². The van der Waals surface area contributed by atoms with Gasteiger partial charge >= 0.3 is 0 Å². The van der Waals surface area contributed by atoms with E-state index in [1.807, 2.05) is 35.0 Å². The highest BCUT2D eigenvalue weighted by Gasteiger charge is 2.22. The molecule has 0 unspecified atom stereocenters. The number of tetrazole rings is 1. The van der Waals surface area contributed by atoms with E-state index in [-0.39, 0.29) is 5.54 Å². The first-order valence-electron chi connectivity index (χ1n) is 8.61. The molecule has 0 spiro atoms. The molecule has 2 heterocycles. The number of furan rings is 1. The molecule has 1 aromatic carbocycles. The van der Waals surface area contributed by atoms with E-state index in [0.717, 1.165) is 29.4 Å². The molecule has 0 N–H and O–H groups in total. The van der Waals surface area contributed by atoms with Crippen LogP contribution in [0.3, 0.4) is 0 Å². The van der Waals surface area contributed by atoms with Gasteiger partial charge in [0.15, 0.2) is 5.82 Å². The SMILES string of the molecule is COc1cccc(CN(Cc2ccco2)Cc2nnnn2C(C)(C)C)c1. The maximum atomic E-state index is 5.54. The molecule has 0 aliphatic carbocycles. The summed E-state index contributed by atoms with van der Waals surface area (Å²) in [6, 6.07) is 12.0. The Morgan fingerprint density at radius 1 is 1.12 bits per heavy atom. The van der Waals surface area contributed by atoms with Crippen molar-refractivity contribution < 1.29 is 9.15 Å². The minimum absolute atomic E-state index is 0.175. The zero-order valence-corrected chi connectivity index (χ0v) is 15.7. The number of hydrogen-bond donors (Lipinski definition) is 0. The summed E-state index contributed by atoms with van der Waals surface area (Å²) in [4.78, 5) is 2.25. The number of hydrogen-bond acceptors (Lipinski definition) is 6. The number of methoxy groups -OCH3 is 1. The maximum Gasteiger partial charge on any atom is 0.165 e. The van der Waals surface area contributed by atoms with Gasteiger partial charge in [-0.1, -0.05) is 12.1 Å². The Morgan fingerprint density at radius 2 is 1.96 bits per heavy atom. The van der Waals surface area contributed by atoms with E-state index in [4.69, 9.17) is 9.15 Å². The van der Waals surface area contributed by atoms with Crippen LogP contribution in [0.2, 0.25) is 0 Å². The Morgan fingerprint density at radius 3 is 2.65 bits per heavy atom. The lowest BCUT2D eigenvalue weighted by Crippen LogP contribution is -2.30. The van der Waals surface area contributed by atoms with Gasteiger partial charge in [-0.2, -0.15) is 0 Å². The van der Waals surface area contributed by atoms with Crippen molar-refractivity contribution in [2.45, 2.75) is 45.9 Å². The van der Waals surface area contributed by atoms with Crippen LogP contribution in [-0.2, 0) is 25.2 Å². The molecule has 0 fully saturated rings. The first-order chi connectivity index (χ1) is 12.5. The lowest BCUT2D eigenvalue weighted by atomic mass is 10.1. The highest BCUT2D eigenvalue weighted by atomic mass is 16.5. The van der Waals surface area contributed by atoms with Crippen molar-refractivity contribution in [3.63, 3.8) is 0 Å². The molecule has 0 atom stereocenters. The molecule has 0 saturated carbocycles. The molecule has 0 aliphatic rings. The third kappa shape index (κ3) is 4.49. The van der Waals surface area contributed by atoms with Crippen LogP contribution in [0.1, 0.15) is 37.9 Å². The Balaban J connectivity index is 1.82. The highest BCUT2D eigenvalue weighted by Crippen LogP contribution is 2.19. The third-order valence-electron chi connectivity index (χ3n) is 4.03. The summed E-state index contributed by atoms with van der Waals surface area (Å²) < 4.78 is 12.7. The standard InChI is InChI=1S/C19H25N5O2/c1-19(2,3)24-18(20-21-22-24)14-23(13-17-9-6-10-26-17)12-15-7-5-8-16(11-15)25-4/h5-11H,12-14H2,1-4H3. The monoisotopic (exact) mass is 355 g/mol. The largest absolute Gasteiger partial charge is 0.497 e. The Bertz CT molecular complexity index is 821. The third-order valence-corrected chi connectivity index (χ3v) is 4.03. The summed E-state index contributed by atoms with van der Waals surface area (Å²) in [5.74, 6) is 2.58. The zero-order chi connectivity index (χ0) is 18.6. The van der Waals surface area contributed by atoms with Gasteiger partial charge in [0.25, 0.3) is 0 Å². The van der Waals surface area contributed by atoms with Crippen molar-refractivity contribution in [3.05, 3.63) is 59.8 Å². The molecule has 0 aliphatic heterocycles.